The molecule has 112 valence electrons. The molecule has 20 heavy (non-hydrogen) atoms. The third kappa shape index (κ3) is 3.52. The highest BCUT2D eigenvalue weighted by atomic mass is 19.4. The molecular formula is C10H5F7O3. The van der Waals surface area contributed by atoms with Gasteiger partial charge in [-0.1, -0.05) is 6.07 Å². The Morgan fingerprint density at radius 3 is 2.00 bits per heavy atom. The first-order chi connectivity index (χ1) is 8.94. The summed E-state index contributed by atoms with van der Waals surface area (Å²) >= 11 is 0. The summed E-state index contributed by atoms with van der Waals surface area (Å²) in [5, 5.41) is 8.60. The fourth-order valence-corrected chi connectivity index (χ4v) is 1.23. The molecule has 0 bridgehead atoms. The zero-order valence-electron chi connectivity index (χ0n) is 9.22. The van der Waals surface area contributed by atoms with Crippen LogP contribution in [0.25, 0.3) is 0 Å². The Morgan fingerprint density at radius 1 is 1.10 bits per heavy atom. The molecule has 3 nitrogen and oxygen atoms in total. The number of rotatable bonds is 3. The predicted octanol–water partition coefficient (Wildman–Crippen LogP) is 3.40. The first-order valence-electron chi connectivity index (χ1n) is 4.76. The first-order valence-corrected chi connectivity index (χ1v) is 4.76. The second kappa shape index (κ2) is 5.17. The maximum atomic E-state index is 13.2. The zero-order valence-corrected chi connectivity index (χ0v) is 9.22. The van der Waals surface area contributed by atoms with Crippen molar-refractivity contribution in [2.45, 2.75) is 18.5 Å². The molecule has 0 aliphatic rings. The van der Waals surface area contributed by atoms with Gasteiger partial charge >= 0.3 is 18.3 Å². The molecule has 0 radical (unpaired) electrons. The van der Waals surface area contributed by atoms with Gasteiger partial charge in [-0.05, 0) is 12.1 Å². The second-order valence-corrected chi connectivity index (χ2v) is 3.50. The van der Waals surface area contributed by atoms with Gasteiger partial charge in [-0.2, -0.15) is 26.3 Å². The fourth-order valence-electron chi connectivity index (χ4n) is 1.23. The smallest absolute Gasteiger partial charge is 0.434 e. The number of carboxylic acids is 1. The number of hydrogen-bond acceptors (Lipinski definition) is 2. The number of para-hydroxylation sites is 1. The van der Waals surface area contributed by atoms with Crippen molar-refractivity contribution in [2.24, 2.45) is 0 Å². The van der Waals surface area contributed by atoms with Crippen molar-refractivity contribution in [3.8, 4) is 5.75 Å². The molecule has 0 atom stereocenters. The molecule has 1 rings (SSSR count). The minimum absolute atomic E-state index is 0.478. The highest BCUT2D eigenvalue weighted by molar-refractivity contribution is 5.90. The van der Waals surface area contributed by atoms with E-state index < -0.39 is 41.6 Å². The van der Waals surface area contributed by atoms with Crippen molar-refractivity contribution in [3.05, 3.63) is 29.6 Å². The molecule has 1 aromatic carbocycles. The normalized spacial score (nSPS) is 12.6. The SMILES string of the molecule is O=C(O)c1cccc(F)c1OC(C(F)(F)F)C(F)(F)F. The van der Waals surface area contributed by atoms with Crippen molar-refractivity contribution in [2.75, 3.05) is 0 Å². The summed E-state index contributed by atoms with van der Waals surface area (Å²) < 4.78 is 90.3. The molecule has 0 spiro atoms. The Kier molecular flexibility index (Phi) is 4.15. The number of hydrogen-bond donors (Lipinski definition) is 1. The van der Waals surface area contributed by atoms with Gasteiger partial charge in [0.1, 0.15) is 5.56 Å². The van der Waals surface area contributed by atoms with Crippen LogP contribution >= 0.6 is 0 Å². The molecule has 0 amide bonds. The number of alkyl halides is 6. The molecule has 0 aromatic heterocycles. The average Bonchev–Trinajstić information content (AvgIpc) is 2.23. The number of aromatic carboxylic acids is 1. The van der Waals surface area contributed by atoms with Gasteiger partial charge in [0.25, 0.3) is 6.10 Å². The summed E-state index contributed by atoms with van der Waals surface area (Å²) in [6, 6.07) is 1.90. The van der Waals surface area contributed by atoms with Gasteiger partial charge < -0.3 is 9.84 Å². The summed E-state index contributed by atoms with van der Waals surface area (Å²) in [6.07, 6.45) is -16.1. The van der Waals surface area contributed by atoms with E-state index in [-0.39, 0.29) is 0 Å². The van der Waals surface area contributed by atoms with E-state index in [1.165, 1.54) is 0 Å². The number of carbonyl (C=O) groups is 1. The molecule has 0 fully saturated rings. The Labute approximate surface area is 106 Å². The van der Waals surface area contributed by atoms with Gasteiger partial charge in [-0.15, -0.1) is 0 Å². The van der Waals surface area contributed by atoms with Crippen LogP contribution in [0.1, 0.15) is 10.4 Å². The molecule has 0 unspecified atom stereocenters. The van der Waals surface area contributed by atoms with Crippen LogP contribution in [0.3, 0.4) is 0 Å². The monoisotopic (exact) mass is 306 g/mol. The van der Waals surface area contributed by atoms with Gasteiger partial charge in [-0.3, -0.25) is 0 Å². The van der Waals surface area contributed by atoms with Gasteiger partial charge in [0.15, 0.2) is 11.6 Å². The third-order valence-electron chi connectivity index (χ3n) is 2.03. The van der Waals surface area contributed by atoms with E-state index in [9.17, 15) is 35.5 Å². The lowest BCUT2D eigenvalue weighted by Crippen LogP contribution is -2.47. The van der Waals surface area contributed by atoms with Gasteiger partial charge in [0.05, 0.1) is 0 Å². The van der Waals surface area contributed by atoms with Crippen LogP contribution in [-0.2, 0) is 0 Å². The van der Waals surface area contributed by atoms with E-state index in [2.05, 4.69) is 4.74 Å². The van der Waals surface area contributed by atoms with Crippen molar-refractivity contribution < 1.29 is 45.4 Å². The van der Waals surface area contributed by atoms with E-state index in [0.29, 0.717) is 12.1 Å². The topological polar surface area (TPSA) is 46.5 Å². The predicted molar refractivity (Wildman–Crippen MR) is 49.9 cm³/mol. The molecule has 1 aromatic rings. The van der Waals surface area contributed by atoms with Crippen LogP contribution in [0, 0.1) is 5.82 Å². The number of carboxylic acid groups (broad SMARTS) is 1. The molecule has 1 N–H and O–H groups in total. The van der Waals surface area contributed by atoms with Gasteiger partial charge in [0, 0.05) is 0 Å². The molecule has 0 saturated carbocycles. The maximum absolute atomic E-state index is 13.2. The van der Waals surface area contributed by atoms with E-state index >= 15 is 0 Å². The summed E-state index contributed by atoms with van der Waals surface area (Å²) in [6.45, 7) is 0. The Balaban J connectivity index is 3.29. The first kappa shape index (κ1) is 16.1. The fraction of sp³-hybridized carbons (Fsp3) is 0.300. The molecule has 0 saturated heterocycles. The lowest BCUT2D eigenvalue weighted by Gasteiger charge is -2.24. The minimum Gasteiger partial charge on any atom is -0.478 e. The van der Waals surface area contributed by atoms with Crippen molar-refractivity contribution in [1.82, 2.24) is 0 Å². The van der Waals surface area contributed by atoms with Crippen molar-refractivity contribution in [3.63, 3.8) is 0 Å². The maximum Gasteiger partial charge on any atom is 0.434 e. The highest BCUT2D eigenvalue weighted by Gasteiger charge is 2.59. The van der Waals surface area contributed by atoms with E-state index in [0.717, 1.165) is 6.07 Å². The molecule has 0 aliphatic carbocycles. The highest BCUT2D eigenvalue weighted by Crippen LogP contribution is 2.38. The summed E-state index contributed by atoms with van der Waals surface area (Å²) in [7, 11) is 0. The summed E-state index contributed by atoms with van der Waals surface area (Å²) in [5.74, 6) is -5.20. The molecule has 0 heterocycles. The standard InChI is InChI=1S/C10H5F7O3/c11-5-3-1-2-4(7(18)19)6(5)20-8(9(12,13)14)10(15,16)17/h1-3,8H,(H,18,19). The minimum atomic E-state index is -5.88. The zero-order chi connectivity index (χ0) is 15.7. The Hall–Kier alpha value is -2.00. The Bertz CT molecular complexity index is 493. The summed E-state index contributed by atoms with van der Waals surface area (Å²) in [4.78, 5) is 10.6. The van der Waals surface area contributed by atoms with Crippen LogP contribution in [0.15, 0.2) is 18.2 Å². The van der Waals surface area contributed by atoms with Crippen molar-refractivity contribution in [1.29, 1.82) is 0 Å². The van der Waals surface area contributed by atoms with Crippen LogP contribution in [-0.4, -0.2) is 29.5 Å². The molecule has 10 heteroatoms. The number of benzene rings is 1. The quantitative estimate of drug-likeness (QED) is 0.871. The van der Waals surface area contributed by atoms with E-state index in [4.69, 9.17) is 5.11 Å². The average molecular weight is 306 g/mol. The van der Waals surface area contributed by atoms with Crippen LogP contribution in [0.4, 0.5) is 30.7 Å². The summed E-state index contributed by atoms with van der Waals surface area (Å²) in [5.41, 5.74) is -1.15. The molecular weight excluding hydrogens is 301 g/mol. The number of ether oxygens (including phenoxy) is 1. The van der Waals surface area contributed by atoms with E-state index in [1.54, 1.807) is 0 Å². The van der Waals surface area contributed by atoms with Crippen molar-refractivity contribution >= 4 is 5.97 Å². The lowest BCUT2D eigenvalue weighted by atomic mass is 10.2. The van der Waals surface area contributed by atoms with E-state index in [1.807, 2.05) is 0 Å². The van der Waals surface area contributed by atoms with Crippen LogP contribution < -0.4 is 4.74 Å². The molecule has 0 aliphatic heterocycles. The van der Waals surface area contributed by atoms with Crippen LogP contribution in [0.5, 0.6) is 5.75 Å². The number of halogens is 7. The van der Waals surface area contributed by atoms with Gasteiger partial charge in [-0.25, -0.2) is 9.18 Å². The third-order valence-corrected chi connectivity index (χ3v) is 2.03. The largest absolute Gasteiger partial charge is 0.478 e. The lowest BCUT2D eigenvalue weighted by molar-refractivity contribution is -0.300. The van der Waals surface area contributed by atoms with Crippen LogP contribution in [0.2, 0.25) is 0 Å². The Morgan fingerprint density at radius 2 is 1.60 bits per heavy atom. The second-order valence-electron chi connectivity index (χ2n) is 3.50. The van der Waals surface area contributed by atoms with Gasteiger partial charge in [0.2, 0.25) is 0 Å².